The number of phenols is 1. The summed E-state index contributed by atoms with van der Waals surface area (Å²) in [6.07, 6.45) is 0. The first kappa shape index (κ1) is 8.38. The largest absolute Gasteiger partial charge is 0.505 e. The van der Waals surface area contributed by atoms with Crippen molar-refractivity contribution in [3.63, 3.8) is 0 Å². The van der Waals surface area contributed by atoms with Crippen LogP contribution in [0, 0.1) is 21.7 Å². The Bertz CT molecular complexity index is 340. The van der Waals surface area contributed by atoms with Gasteiger partial charge in [0, 0.05) is 0 Å². The number of nitrogens with zero attached hydrogens (tertiary/aromatic N) is 1. The Balaban J connectivity index is 3.43. The monoisotopic (exact) mass is 175 g/mol. The van der Waals surface area contributed by atoms with E-state index in [0.29, 0.717) is 12.1 Å². The molecule has 1 N–H and O–H groups in total. The zero-order valence-electron chi connectivity index (χ0n) is 5.62. The van der Waals surface area contributed by atoms with Gasteiger partial charge >= 0.3 is 5.69 Å². The van der Waals surface area contributed by atoms with E-state index in [0.717, 1.165) is 0 Å². The van der Waals surface area contributed by atoms with Crippen LogP contribution in [0.3, 0.4) is 0 Å². The fourth-order valence-electron chi connectivity index (χ4n) is 0.698. The molecule has 0 spiro atoms. The van der Waals surface area contributed by atoms with Crippen LogP contribution in [-0.2, 0) is 0 Å². The fourth-order valence-corrected chi connectivity index (χ4v) is 0.698. The van der Waals surface area contributed by atoms with Crippen molar-refractivity contribution in [3.8, 4) is 5.75 Å². The van der Waals surface area contributed by atoms with Gasteiger partial charge in [-0.25, -0.2) is 0 Å². The Hall–Kier alpha value is -1.72. The Kier molecular flexibility index (Phi) is 1.90. The topological polar surface area (TPSA) is 63.4 Å². The van der Waals surface area contributed by atoms with Crippen molar-refractivity contribution < 1.29 is 18.8 Å². The number of nitro benzene ring substituents is 1. The average Bonchev–Trinajstić information content (AvgIpc) is 1.97. The van der Waals surface area contributed by atoms with Gasteiger partial charge in [0.15, 0.2) is 5.75 Å². The summed E-state index contributed by atoms with van der Waals surface area (Å²) in [5, 5.41) is 18.6. The number of aromatic hydroxyl groups is 1. The van der Waals surface area contributed by atoms with E-state index in [-0.39, 0.29) is 0 Å². The van der Waals surface area contributed by atoms with Crippen LogP contribution in [0.5, 0.6) is 5.75 Å². The molecule has 64 valence electrons. The zero-order valence-corrected chi connectivity index (χ0v) is 5.62. The van der Waals surface area contributed by atoms with Crippen LogP contribution in [0.1, 0.15) is 0 Å². The lowest BCUT2D eigenvalue weighted by Gasteiger charge is -1.96. The number of rotatable bonds is 1. The first-order valence-electron chi connectivity index (χ1n) is 2.85. The maximum absolute atomic E-state index is 12.6. The Labute approximate surface area is 65.2 Å². The van der Waals surface area contributed by atoms with Gasteiger partial charge in [0.2, 0.25) is 11.6 Å². The first-order valence-corrected chi connectivity index (χ1v) is 2.85. The van der Waals surface area contributed by atoms with Crippen molar-refractivity contribution in [2.75, 3.05) is 0 Å². The molecule has 1 rings (SSSR count). The molecule has 0 heterocycles. The molecule has 1 aromatic rings. The van der Waals surface area contributed by atoms with Crippen LogP contribution >= 0.6 is 0 Å². The molecule has 4 nitrogen and oxygen atoms in total. The summed E-state index contributed by atoms with van der Waals surface area (Å²) in [6, 6.07) is 1.33. The number of nitro groups is 1. The van der Waals surface area contributed by atoms with E-state index in [9.17, 15) is 18.9 Å². The Morgan fingerprint density at radius 1 is 1.42 bits per heavy atom. The van der Waals surface area contributed by atoms with Crippen LogP contribution in [0.15, 0.2) is 12.1 Å². The molecular formula is C6H3F2NO3. The van der Waals surface area contributed by atoms with E-state index in [1.165, 1.54) is 0 Å². The average molecular weight is 175 g/mol. The fraction of sp³-hybridized carbons (Fsp3) is 0. The summed E-state index contributed by atoms with van der Waals surface area (Å²) >= 11 is 0. The molecule has 0 bridgehead atoms. The molecule has 0 saturated carbocycles. The minimum atomic E-state index is -1.56. The molecule has 0 aliphatic heterocycles. The minimum Gasteiger partial charge on any atom is -0.505 e. The van der Waals surface area contributed by atoms with Crippen LogP contribution in [-0.4, -0.2) is 10.0 Å². The molecule has 6 heteroatoms. The van der Waals surface area contributed by atoms with Crippen LogP contribution < -0.4 is 0 Å². The predicted octanol–water partition coefficient (Wildman–Crippen LogP) is 1.58. The van der Waals surface area contributed by atoms with Gasteiger partial charge in [0.05, 0.1) is 4.92 Å². The molecule has 0 unspecified atom stereocenters. The van der Waals surface area contributed by atoms with Crippen molar-refractivity contribution in [1.82, 2.24) is 0 Å². The van der Waals surface area contributed by atoms with Gasteiger partial charge in [-0.3, -0.25) is 10.1 Å². The van der Waals surface area contributed by atoms with Crippen molar-refractivity contribution in [1.29, 1.82) is 0 Å². The molecular weight excluding hydrogens is 172 g/mol. The lowest BCUT2D eigenvalue weighted by atomic mass is 10.3. The summed E-state index contributed by atoms with van der Waals surface area (Å²) in [7, 11) is 0. The molecule has 0 aromatic heterocycles. The smallest absolute Gasteiger partial charge is 0.343 e. The van der Waals surface area contributed by atoms with Crippen LogP contribution in [0.25, 0.3) is 0 Å². The number of halogens is 2. The van der Waals surface area contributed by atoms with Gasteiger partial charge in [-0.1, -0.05) is 0 Å². The van der Waals surface area contributed by atoms with E-state index in [2.05, 4.69) is 0 Å². The maximum Gasteiger partial charge on any atom is 0.343 e. The zero-order chi connectivity index (χ0) is 9.30. The maximum atomic E-state index is 12.6. The number of benzene rings is 1. The molecule has 1 aromatic carbocycles. The van der Waals surface area contributed by atoms with E-state index >= 15 is 0 Å². The van der Waals surface area contributed by atoms with Gasteiger partial charge in [0.25, 0.3) is 0 Å². The third kappa shape index (κ3) is 1.18. The third-order valence-corrected chi connectivity index (χ3v) is 1.23. The number of hydrogen-bond acceptors (Lipinski definition) is 3. The highest BCUT2D eigenvalue weighted by atomic mass is 19.1. The molecule has 0 radical (unpaired) electrons. The minimum absolute atomic E-state index is 0.622. The number of phenolic OH excluding ortho intramolecular Hbond substituents is 1. The van der Waals surface area contributed by atoms with Crippen LogP contribution in [0.4, 0.5) is 14.5 Å². The first-order chi connectivity index (χ1) is 5.54. The second-order valence-electron chi connectivity index (χ2n) is 1.99. The van der Waals surface area contributed by atoms with Crippen LogP contribution in [0.2, 0.25) is 0 Å². The normalized spacial score (nSPS) is 9.83. The highest BCUT2D eigenvalue weighted by Crippen LogP contribution is 2.27. The third-order valence-electron chi connectivity index (χ3n) is 1.23. The summed E-state index contributed by atoms with van der Waals surface area (Å²) in [6.45, 7) is 0. The van der Waals surface area contributed by atoms with E-state index in [4.69, 9.17) is 5.11 Å². The van der Waals surface area contributed by atoms with Gasteiger partial charge < -0.3 is 5.11 Å². The second-order valence-corrected chi connectivity index (χ2v) is 1.99. The molecule has 0 aliphatic rings. The molecule has 0 aliphatic carbocycles. The van der Waals surface area contributed by atoms with Crippen molar-refractivity contribution in [2.24, 2.45) is 0 Å². The highest BCUT2D eigenvalue weighted by Gasteiger charge is 2.23. The second kappa shape index (κ2) is 2.72. The standard InChI is InChI=1S/C6H3F2NO3/c7-3-1-2-4(10)5(8)6(3)9(11)12/h1-2,10H. The molecule has 0 saturated heterocycles. The van der Waals surface area contributed by atoms with E-state index in [1.54, 1.807) is 0 Å². The Morgan fingerprint density at radius 2 is 2.00 bits per heavy atom. The quantitative estimate of drug-likeness (QED) is 0.520. The van der Waals surface area contributed by atoms with Crippen molar-refractivity contribution in [3.05, 3.63) is 33.9 Å². The van der Waals surface area contributed by atoms with Gasteiger partial charge in [-0.05, 0) is 12.1 Å². The molecule has 0 amide bonds. The lowest BCUT2D eigenvalue weighted by Crippen LogP contribution is -1.96. The SMILES string of the molecule is O=[N+]([O-])c1c(F)ccc(O)c1F. The summed E-state index contributed by atoms with van der Waals surface area (Å²) in [5.74, 6) is -3.81. The lowest BCUT2D eigenvalue weighted by molar-refractivity contribution is -0.390. The van der Waals surface area contributed by atoms with Gasteiger partial charge in [-0.2, -0.15) is 8.78 Å². The van der Waals surface area contributed by atoms with Gasteiger partial charge in [0.1, 0.15) is 0 Å². The summed E-state index contributed by atoms with van der Waals surface area (Å²) < 4.78 is 25.1. The Morgan fingerprint density at radius 3 is 2.42 bits per heavy atom. The summed E-state index contributed by atoms with van der Waals surface area (Å²) in [5.41, 5.74) is -1.34. The van der Waals surface area contributed by atoms with Crippen molar-refractivity contribution >= 4 is 5.69 Å². The van der Waals surface area contributed by atoms with Gasteiger partial charge in [-0.15, -0.1) is 0 Å². The molecule has 0 fully saturated rings. The summed E-state index contributed by atoms with van der Waals surface area (Å²) in [4.78, 5) is 8.78. The van der Waals surface area contributed by atoms with E-state index < -0.39 is 28.0 Å². The predicted molar refractivity (Wildman–Crippen MR) is 34.7 cm³/mol. The number of hydrogen-bond donors (Lipinski definition) is 1. The van der Waals surface area contributed by atoms with Crippen molar-refractivity contribution in [2.45, 2.75) is 0 Å². The highest BCUT2D eigenvalue weighted by molar-refractivity contribution is 5.41. The molecule has 12 heavy (non-hydrogen) atoms. The van der Waals surface area contributed by atoms with E-state index in [1.807, 2.05) is 0 Å². The molecule has 0 atom stereocenters.